The van der Waals surface area contributed by atoms with E-state index in [1.807, 2.05) is 0 Å². The van der Waals surface area contributed by atoms with Gasteiger partial charge in [0.1, 0.15) is 0 Å². The molecular formula is C11H23NO2S. The molecule has 0 aromatic heterocycles. The van der Waals surface area contributed by atoms with Gasteiger partial charge in [-0.25, -0.2) is 0 Å². The third-order valence-electron chi connectivity index (χ3n) is 2.68. The summed E-state index contributed by atoms with van der Waals surface area (Å²) in [7, 11) is 2.15. The summed E-state index contributed by atoms with van der Waals surface area (Å²) in [5.74, 6) is 1.52. The fourth-order valence-electron chi connectivity index (χ4n) is 1.87. The van der Waals surface area contributed by atoms with E-state index in [0.717, 1.165) is 45.3 Å². The largest absolute Gasteiger partial charge is 0.381 e. The van der Waals surface area contributed by atoms with Crippen LogP contribution in [0.15, 0.2) is 0 Å². The first-order chi connectivity index (χ1) is 7.33. The molecular weight excluding hydrogens is 210 g/mol. The van der Waals surface area contributed by atoms with Crippen molar-refractivity contribution in [2.24, 2.45) is 5.92 Å². The van der Waals surface area contributed by atoms with Crippen LogP contribution in [-0.2, 0) is 9.47 Å². The summed E-state index contributed by atoms with van der Waals surface area (Å²) in [6.45, 7) is 5.58. The van der Waals surface area contributed by atoms with Crippen LogP contribution in [0.3, 0.4) is 0 Å². The van der Waals surface area contributed by atoms with Gasteiger partial charge in [-0.2, -0.15) is 12.6 Å². The standard InChI is InChI=1S/C11H23NO2S/c1-12(4-6-13-7-8-15)9-11-3-2-5-14-10-11/h11,15H,2-10H2,1H3. The van der Waals surface area contributed by atoms with Crippen molar-refractivity contribution in [2.45, 2.75) is 12.8 Å². The van der Waals surface area contributed by atoms with Crippen LogP contribution in [0.4, 0.5) is 0 Å². The maximum atomic E-state index is 5.46. The summed E-state index contributed by atoms with van der Waals surface area (Å²) in [5.41, 5.74) is 0. The molecule has 90 valence electrons. The topological polar surface area (TPSA) is 21.7 Å². The molecule has 0 radical (unpaired) electrons. The molecule has 1 fully saturated rings. The third kappa shape index (κ3) is 6.40. The molecule has 0 spiro atoms. The van der Waals surface area contributed by atoms with Gasteiger partial charge in [-0.3, -0.25) is 0 Å². The molecule has 0 aromatic rings. The fraction of sp³-hybridized carbons (Fsp3) is 1.00. The Labute approximate surface area is 98.5 Å². The number of hydrogen-bond donors (Lipinski definition) is 1. The molecule has 1 unspecified atom stereocenters. The van der Waals surface area contributed by atoms with E-state index in [1.54, 1.807) is 0 Å². The zero-order valence-corrected chi connectivity index (χ0v) is 10.5. The Morgan fingerprint density at radius 1 is 1.47 bits per heavy atom. The van der Waals surface area contributed by atoms with Gasteiger partial charge in [0, 0.05) is 25.4 Å². The van der Waals surface area contributed by atoms with E-state index < -0.39 is 0 Å². The Kier molecular flexibility index (Phi) is 7.44. The Bertz CT molecular complexity index is 152. The van der Waals surface area contributed by atoms with Gasteiger partial charge in [-0.05, 0) is 25.8 Å². The summed E-state index contributed by atoms with van der Waals surface area (Å²) in [5, 5.41) is 0. The van der Waals surface area contributed by atoms with E-state index in [1.165, 1.54) is 12.8 Å². The van der Waals surface area contributed by atoms with Crippen LogP contribution in [0.25, 0.3) is 0 Å². The monoisotopic (exact) mass is 233 g/mol. The van der Waals surface area contributed by atoms with Crippen LogP contribution in [0.5, 0.6) is 0 Å². The van der Waals surface area contributed by atoms with E-state index in [0.29, 0.717) is 5.92 Å². The highest BCUT2D eigenvalue weighted by Gasteiger charge is 2.15. The number of rotatable bonds is 7. The van der Waals surface area contributed by atoms with E-state index in [4.69, 9.17) is 9.47 Å². The van der Waals surface area contributed by atoms with Crippen LogP contribution in [-0.4, -0.2) is 57.2 Å². The Hall–Kier alpha value is 0.230. The average Bonchev–Trinajstić information content (AvgIpc) is 2.26. The highest BCUT2D eigenvalue weighted by molar-refractivity contribution is 7.80. The van der Waals surface area contributed by atoms with Crippen molar-refractivity contribution in [1.29, 1.82) is 0 Å². The average molecular weight is 233 g/mol. The van der Waals surface area contributed by atoms with Crippen molar-refractivity contribution in [2.75, 3.05) is 52.3 Å². The van der Waals surface area contributed by atoms with Crippen LogP contribution in [0, 0.1) is 5.92 Å². The zero-order chi connectivity index (χ0) is 10.9. The lowest BCUT2D eigenvalue weighted by atomic mass is 10.0. The van der Waals surface area contributed by atoms with E-state index in [2.05, 4.69) is 24.6 Å². The predicted molar refractivity (Wildman–Crippen MR) is 65.7 cm³/mol. The molecule has 1 atom stereocenters. The van der Waals surface area contributed by atoms with Crippen molar-refractivity contribution in [3.8, 4) is 0 Å². The van der Waals surface area contributed by atoms with Crippen LogP contribution in [0.1, 0.15) is 12.8 Å². The fourth-order valence-corrected chi connectivity index (χ4v) is 2.00. The van der Waals surface area contributed by atoms with Crippen molar-refractivity contribution >= 4 is 12.6 Å². The SMILES string of the molecule is CN(CCOCCS)CC1CCCOC1. The molecule has 0 amide bonds. The van der Waals surface area contributed by atoms with Crippen LogP contribution < -0.4 is 0 Å². The smallest absolute Gasteiger partial charge is 0.0593 e. The number of nitrogens with zero attached hydrogens (tertiary/aromatic N) is 1. The van der Waals surface area contributed by atoms with Crippen molar-refractivity contribution < 1.29 is 9.47 Å². The zero-order valence-electron chi connectivity index (χ0n) is 9.65. The first kappa shape index (κ1) is 13.3. The molecule has 1 rings (SSSR count). The molecule has 3 nitrogen and oxygen atoms in total. The Balaban J connectivity index is 1.98. The summed E-state index contributed by atoms with van der Waals surface area (Å²) in [6, 6.07) is 0. The molecule has 0 saturated carbocycles. The van der Waals surface area contributed by atoms with Crippen molar-refractivity contribution in [3.63, 3.8) is 0 Å². The third-order valence-corrected chi connectivity index (χ3v) is 2.86. The second-order valence-corrected chi connectivity index (χ2v) is 4.63. The molecule has 0 aromatic carbocycles. The molecule has 0 bridgehead atoms. The van der Waals surface area contributed by atoms with Gasteiger partial charge in [-0.15, -0.1) is 0 Å². The molecule has 0 aliphatic carbocycles. The van der Waals surface area contributed by atoms with Gasteiger partial charge in [0.15, 0.2) is 0 Å². The van der Waals surface area contributed by atoms with Crippen molar-refractivity contribution in [1.82, 2.24) is 4.90 Å². The Morgan fingerprint density at radius 3 is 3.00 bits per heavy atom. The number of hydrogen-bond acceptors (Lipinski definition) is 4. The molecule has 0 N–H and O–H groups in total. The second-order valence-electron chi connectivity index (χ2n) is 4.18. The Morgan fingerprint density at radius 2 is 2.33 bits per heavy atom. The molecule has 1 saturated heterocycles. The highest BCUT2D eigenvalue weighted by Crippen LogP contribution is 2.14. The maximum Gasteiger partial charge on any atom is 0.0593 e. The van der Waals surface area contributed by atoms with Gasteiger partial charge >= 0.3 is 0 Å². The summed E-state index contributed by atoms with van der Waals surface area (Å²) in [4.78, 5) is 2.33. The van der Waals surface area contributed by atoms with Crippen LogP contribution >= 0.6 is 12.6 Å². The van der Waals surface area contributed by atoms with Gasteiger partial charge < -0.3 is 14.4 Å². The number of ether oxygens (including phenoxy) is 2. The molecule has 1 aliphatic heterocycles. The summed E-state index contributed by atoms with van der Waals surface area (Å²) < 4.78 is 10.9. The quantitative estimate of drug-likeness (QED) is 0.529. The van der Waals surface area contributed by atoms with Gasteiger partial charge in [0.2, 0.25) is 0 Å². The van der Waals surface area contributed by atoms with E-state index >= 15 is 0 Å². The molecule has 1 heterocycles. The van der Waals surface area contributed by atoms with Gasteiger partial charge in [0.05, 0.1) is 19.8 Å². The minimum Gasteiger partial charge on any atom is -0.381 e. The molecule has 15 heavy (non-hydrogen) atoms. The van der Waals surface area contributed by atoms with Crippen LogP contribution in [0.2, 0.25) is 0 Å². The lowest BCUT2D eigenvalue weighted by Gasteiger charge is -2.26. The normalized spacial score (nSPS) is 22.2. The number of likely N-dealkylation sites (N-methyl/N-ethyl adjacent to an activating group) is 1. The summed E-state index contributed by atoms with van der Waals surface area (Å²) >= 11 is 4.10. The highest BCUT2D eigenvalue weighted by atomic mass is 32.1. The minimum absolute atomic E-state index is 0.716. The van der Waals surface area contributed by atoms with Gasteiger partial charge in [0.25, 0.3) is 0 Å². The second kappa shape index (κ2) is 8.39. The lowest BCUT2D eigenvalue weighted by molar-refractivity contribution is 0.0371. The van der Waals surface area contributed by atoms with E-state index in [-0.39, 0.29) is 0 Å². The summed E-state index contributed by atoms with van der Waals surface area (Å²) in [6.07, 6.45) is 2.52. The molecule has 4 heteroatoms. The lowest BCUT2D eigenvalue weighted by Crippen LogP contribution is -2.33. The molecule has 1 aliphatic rings. The van der Waals surface area contributed by atoms with E-state index in [9.17, 15) is 0 Å². The first-order valence-electron chi connectivity index (χ1n) is 5.78. The predicted octanol–water partition coefficient (Wildman–Crippen LogP) is 1.29. The first-order valence-corrected chi connectivity index (χ1v) is 6.41. The minimum atomic E-state index is 0.716. The van der Waals surface area contributed by atoms with Crippen molar-refractivity contribution in [3.05, 3.63) is 0 Å². The maximum absolute atomic E-state index is 5.46. The van der Waals surface area contributed by atoms with Gasteiger partial charge in [-0.1, -0.05) is 0 Å². The number of thiol groups is 1.